The Morgan fingerprint density at radius 1 is 1.13 bits per heavy atom. The first-order valence-corrected chi connectivity index (χ1v) is 9.81. The molecule has 3 aromatic rings. The maximum atomic E-state index is 13.0. The SMILES string of the molecule is COc1cccc(-c2cc(C(=O)N[C@H](C(=O)NCc3ccc(F)cc3)C(C)C)no2)c1. The molecule has 1 heterocycles. The Bertz CT molecular complexity index is 1050. The summed E-state index contributed by atoms with van der Waals surface area (Å²) in [5, 5.41) is 9.30. The van der Waals surface area contributed by atoms with E-state index >= 15 is 0 Å². The molecule has 0 bridgehead atoms. The van der Waals surface area contributed by atoms with E-state index in [1.807, 2.05) is 19.9 Å². The van der Waals surface area contributed by atoms with E-state index in [-0.39, 0.29) is 29.9 Å². The molecule has 1 atom stereocenters. The molecular formula is C23H24FN3O4. The van der Waals surface area contributed by atoms with Crippen LogP contribution < -0.4 is 15.4 Å². The van der Waals surface area contributed by atoms with Crippen LogP contribution in [0.25, 0.3) is 11.3 Å². The first-order valence-electron chi connectivity index (χ1n) is 9.81. The standard InChI is InChI=1S/C23H24FN3O4/c1-14(2)21(23(29)25-13-15-7-9-17(24)10-8-15)26-22(28)19-12-20(31-27-19)16-5-4-6-18(11-16)30-3/h4-12,14,21H,13H2,1-3H3,(H,25,29)(H,26,28)/t21-/m0/s1. The van der Waals surface area contributed by atoms with Crippen LogP contribution in [0.15, 0.2) is 59.1 Å². The maximum Gasteiger partial charge on any atom is 0.274 e. The second-order valence-corrected chi connectivity index (χ2v) is 7.35. The van der Waals surface area contributed by atoms with E-state index in [2.05, 4.69) is 15.8 Å². The second-order valence-electron chi connectivity index (χ2n) is 7.35. The van der Waals surface area contributed by atoms with Crippen molar-refractivity contribution in [1.29, 1.82) is 0 Å². The van der Waals surface area contributed by atoms with Crippen LogP contribution in [0.4, 0.5) is 4.39 Å². The van der Waals surface area contributed by atoms with Crippen LogP contribution in [0.5, 0.6) is 5.75 Å². The van der Waals surface area contributed by atoms with Crippen molar-refractivity contribution in [1.82, 2.24) is 15.8 Å². The first kappa shape index (κ1) is 22.0. The van der Waals surface area contributed by atoms with Gasteiger partial charge in [0.05, 0.1) is 7.11 Å². The lowest BCUT2D eigenvalue weighted by molar-refractivity contribution is -0.124. The predicted octanol–water partition coefficient (Wildman–Crippen LogP) is 3.56. The summed E-state index contributed by atoms with van der Waals surface area (Å²) in [5.41, 5.74) is 1.53. The lowest BCUT2D eigenvalue weighted by Gasteiger charge is -2.21. The molecular weight excluding hydrogens is 401 g/mol. The van der Waals surface area contributed by atoms with Crippen LogP contribution in [0.2, 0.25) is 0 Å². The van der Waals surface area contributed by atoms with Gasteiger partial charge in [0.25, 0.3) is 5.91 Å². The zero-order chi connectivity index (χ0) is 22.4. The highest BCUT2D eigenvalue weighted by molar-refractivity contribution is 5.96. The summed E-state index contributed by atoms with van der Waals surface area (Å²) in [6, 6.07) is 13.8. The Morgan fingerprint density at radius 3 is 2.55 bits per heavy atom. The van der Waals surface area contributed by atoms with Crippen molar-refractivity contribution < 1.29 is 23.2 Å². The maximum absolute atomic E-state index is 13.0. The quantitative estimate of drug-likeness (QED) is 0.576. The Morgan fingerprint density at radius 2 is 1.87 bits per heavy atom. The molecule has 8 heteroatoms. The highest BCUT2D eigenvalue weighted by Crippen LogP contribution is 2.24. The number of hydrogen-bond acceptors (Lipinski definition) is 5. The molecule has 0 aliphatic carbocycles. The van der Waals surface area contributed by atoms with Crippen molar-refractivity contribution in [2.75, 3.05) is 7.11 Å². The third-order valence-electron chi connectivity index (χ3n) is 4.71. The predicted molar refractivity (Wildman–Crippen MR) is 113 cm³/mol. The van der Waals surface area contributed by atoms with Crippen molar-refractivity contribution in [2.45, 2.75) is 26.4 Å². The van der Waals surface area contributed by atoms with Gasteiger partial charge in [0, 0.05) is 18.2 Å². The minimum Gasteiger partial charge on any atom is -0.497 e. The summed E-state index contributed by atoms with van der Waals surface area (Å²) in [6.45, 7) is 3.88. The molecule has 162 valence electrons. The van der Waals surface area contributed by atoms with Crippen molar-refractivity contribution in [3.05, 3.63) is 71.7 Å². The van der Waals surface area contributed by atoms with Crippen molar-refractivity contribution in [3.8, 4) is 17.1 Å². The lowest BCUT2D eigenvalue weighted by Crippen LogP contribution is -2.49. The van der Waals surface area contributed by atoms with Gasteiger partial charge in [0.15, 0.2) is 11.5 Å². The van der Waals surface area contributed by atoms with Crippen LogP contribution in [0, 0.1) is 11.7 Å². The molecule has 0 unspecified atom stereocenters. The molecule has 2 amide bonds. The number of ether oxygens (including phenoxy) is 1. The van der Waals surface area contributed by atoms with E-state index in [9.17, 15) is 14.0 Å². The molecule has 0 saturated carbocycles. The molecule has 3 rings (SSSR count). The van der Waals surface area contributed by atoms with Crippen molar-refractivity contribution in [3.63, 3.8) is 0 Å². The van der Waals surface area contributed by atoms with Gasteiger partial charge >= 0.3 is 0 Å². The van der Waals surface area contributed by atoms with E-state index in [4.69, 9.17) is 9.26 Å². The zero-order valence-corrected chi connectivity index (χ0v) is 17.5. The number of amides is 2. The Labute approximate surface area is 179 Å². The minimum absolute atomic E-state index is 0.0646. The molecule has 0 aliphatic rings. The highest BCUT2D eigenvalue weighted by Gasteiger charge is 2.26. The van der Waals surface area contributed by atoms with E-state index in [1.54, 1.807) is 37.4 Å². The normalized spacial score (nSPS) is 11.8. The fraction of sp³-hybridized carbons (Fsp3) is 0.261. The van der Waals surface area contributed by atoms with Gasteiger partial charge in [-0.15, -0.1) is 0 Å². The number of nitrogens with one attached hydrogen (secondary N) is 2. The number of benzene rings is 2. The van der Waals surface area contributed by atoms with Gasteiger partial charge in [0.1, 0.15) is 17.6 Å². The van der Waals surface area contributed by atoms with Gasteiger partial charge in [-0.1, -0.05) is 43.3 Å². The van der Waals surface area contributed by atoms with Crippen LogP contribution in [0.3, 0.4) is 0 Å². The number of aromatic nitrogens is 1. The average Bonchev–Trinajstić information content (AvgIpc) is 3.27. The van der Waals surface area contributed by atoms with Gasteiger partial charge < -0.3 is 19.9 Å². The van der Waals surface area contributed by atoms with Crippen molar-refractivity contribution >= 4 is 11.8 Å². The van der Waals surface area contributed by atoms with E-state index < -0.39 is 11.9 Å². The third kappa shape index (κ3) is 5.69. The number of nitrogens with zero attached hydrogens (tertiary/aromatic N) is 1. The molecule has 0 radical (unpaired) electrons. The van der Waals surface area contributed by atoms with Crippen LogP contribution in [-0.2, 0) is 11.3 Å². The molecule has 2 N–H and O–H groups in total. The van der Waals surface area contributed by atoms with Gasteiger partial charge in [-0.05, 0) is 35.7 Å². The molecule has 2 aromatic carbocycles. The summed E-state index contributed by atoms with van der Waals surface area (Å²) in [5.74, 6) is -0.313. The van der Waals surface area contributed by atoms with Crippen LogP contribution >= 0.6 is 0 Å². The molecule has 0 spiro atoms. The number of carbonyl (C=O) groups excluding carboxylic acids is 2. The largest absolute Gasteiger partial charge is 0.497 e. The summed E-state index contributed by atoms with van der Waals surface area (Å²) >= 11 is 0. The number of rotatable bonds is 8. The number of halogens is 1. The fourth-order valence-corrected chi connectivity index (χ4v) is 2.95. The third-order valence-corrected chi connectivity index (χ3v) is 4.71. The summed E-state index contributed by atoms with van der Waals surface area (Å²) in [6.07, 6.45) is 0. The lowest BCUT2D eigenvalue weighted by atomic mass is 10.0. The minimum atomic E-state index is -0.773. The molecule has 31 heavy (non-hydrogen) atoms. The van der Waals surface area contributed by atoms with Gasteiger partial charge in [-0.2, -0.15) is 0 Å². The number of methoxy groups -OCH3 is 1. The summed E-state index contributed by atoms with van der Waals surface area (Å²) < 4.78 is 23.5. The van der Waals surface area contributed by atoms with Crippen LogP contribution in [-0.4, -0.2) is 30.1 Å². The molecule has 0 saturated heterocycles. The number of carbonyl (C=O) groups is 2. The monoisotopic (exact) mass is 425 g/mol. The highest BCUT2D eigenvalue weighted by atomic mass is 19.1. The van der Waals surface area contributed by atoms with E-state index in [0.717, 1.165) is 5.56 Å². The summed E-state index contributed by atoms with van der Waals surface area (Å²) in [4.78, 5) is 25.3. The number of hydrogen-bond donors (Lipinski definition) is 2. The zero-order valence-electron chi connectivity index (χ0n) is 17.5. The molecule has 0 aliphatic heterocycles. The average molecular weight is 425 g/mol. The smallest absolute Gasteiger partial charge is 0.274 e. The Balaban J connectivity index is 1.65. The molecule has 1 aromatic heterocycles. The Kier molecular flexibility index (Phi) is 7.02. The van der Waals surface area contributed by atoms with Gasteiger partial charge in [0.2, 0.25) is 5.91 Å². The van der Waals surface area contributed by atoms with E-state index in [1.165, 1.54) is 18.2 Å². The Hall–Kier alpha value is -3.68. The summed E-state index contributed by atoms with van der Waals surface area (Å²) in [7, 11) is 1.56. The molecule has 0 fully saturated rings. The van der Waals surface area contributed by atoms with Crippen molar-refractivity contribution in [2.24, 2.45) is 5.92 Å². The van der Waals surface area contributed by atoms with Gasteiger partial charge in [-0.25, -0.2) is 4.39 Å². The topological polar surface area (TPSA) is 93.5 Å². The second kappa shape index (κ2) is 9.88. The van der Waals surface area contributed by atoms with Gasteiger partial charge in [-0.3, -0.25) is 9.59 Å². The fourth-order valence-electron chi connectivity index (χ4n) is 2.95. The van der Waals surface area contributed by atoms with E-state index in [0.29, 0.717) is 17.1 Å². The van der Waals surface area contributed by atoms with Crippen LogP contribution in [0.1, 0.15) is 29.9 Å². The first-order chi connectivity index (χ1) is 14.9. The molecule has 7 nitrogen and oxygen atoms in total.